The maximum atomic E-state index is 5.70. The number of benzene rings is 1. The van der Waals surface area contributed by atoms with E-state index in [2.05, 4.69) is 62.8 Å². The van der Waals surface area contributed by atoms with Crippen LogP contribution in [0.25, 0.3) is 0 Å². The molecule has 5 nitrogen and oxygen atoms in total. The van der Waals surface area contributed by atoms with Crippen LogP contribution in [-0.4, -0.2) is 9.59 Å². The number of hydrogen-bond acceptors (Lipinski definition) is 6. The number of nitrogens with two attached hydrogens (primary N) is 1. The molecule has 0 saturated carbocycles. The molecule has 0 aliphatic carbocycles. The molecule has 0 aliphatic heterocycles. The van der Waals surface area contributed by atoms with Crippen LogP contribution in [0.2, 0.25) is 0 Å². The van der Waals surface area contributed by atoms with Crippen LogP contribution >= 0.6 is 59.3 Å². The predicted molar refractivity (Wildman–Crippen MR) is 81.6 cm³/mol. The molecular formula is C9H7Br3N4OS. The number of aromatic nitrogens is 2. The summed E-state index contributed by atoms with van der Waals surface area (Å²) in [4.78, 5) is 0. The fourth-order valence-electron chi connectivity index (χ4n) is 1.22. The largest absolute Gasteiger partial charge is 0.485 e. The zero-order valence-electron chi connectivity index (χ0n) is 8.78. The second kappa shape index (κ2) is 6.29. The average molecular weight is 459 g/mol. The van der Waals surface area contributed by atoms with Crippen LogP contribution in [0.5, 0.6) is 5.75 Å². The van der Waals surface area contributed by atoms with Gasteiger partial charge in [-0.2, -0.15) is 0 Å². The summed E-state index contributed by atoms with van der Waals surface area (Å²) in [6, 6.07) is 3.81. The molecule has 0 saturated heterocycles. The summed E-state index contributed by atoms with van der Waals surface area (Å²) >= 11 is 11.5. The van der Waals surface area contributed by atoms with Gasteiger partial charge in [-0.15, -0.1) is 5.10 Å². The molecule has 0 bridgehead atoms. The molecule has 2 rings (SSSR count). The number of nitrogen functional groups attached to an aromatic ring is 1. The molecule has 9 heteroatoms. The van der Waals surface area contributed by atoms with Gasteiger partial charge in [0.2, 0.25) is 0 Å². The van der Waals surface area contributed by atoms with Crippen molar-refractivity contribution < 1.29 is 4.74 Å². The third kappa shape index (κ3) is 3.21. The fraction of sp³-hybridized carbons (Fsp3) is 0.111. The topological polar surface area (TPSA) is 73.1 Å². The van der Waals surface area contributed by atoms with E-state index in [1.165, 1.54) is 11.5 Å². The van der Waals surface area contributed by atoms with Crippen molar-refractivity contribution in [2.24, 2.45) is 5.84 Å². The van der Waals surface area contributed by atoms with E-state index < -0.39 is 0 Å². The standard InChI is InChI=1S/C9H7Br3N4OS/c10-4-1-5(11)8(6(12)2-4)17-3-7-9(14-13)18-16-15-7/h1-2,14H,3,13H2. The smallest absolute Gasteiger partial charge is 0.150 e. The van der Waals surface area contributed by atoms with E-state index in [1.54, 1.807) is 0 Å². The van der Waals surface area contributed by atoms with E-state index in [9.17, 15) is 0 Å². The second-order valence-electron chi connectivity index (χ2n) is 3.18. The molecule has 2 aromatic rings. The highest BCUT2D eigenvalue weighted by molar-refractivity contribution is 9.11. The average Bonchev–Trinajstić information content (AvgIpc) is 2.75. The molecule has 0 unspecified atom stereocenters. The van der Waals surface area contributed by atoms with Crippen LogP contribution in [0.4, 0.5) is 5.00 Å². The minimum absolute atomic E-state index is 0.287. The van der Waals surface area contributed by atoms with Gasteiger partial charge in [0, 0.05) is 16.0 Å². The molecule has 1 heterocycles. The van der Waals surface area contributed by atoms with E-state index >= 15 is 0 Å². The van der Waals surface area contributed by atoms with Crippen LogP contribution in [-0.2, 0) is 6.61 Å². The summed E-state index contributed by atoms with van der Waals surface area (Å²) in [7, 11) is 0. The van der Waals surface area contributed by atoms with Crippen molar-refractivity contribution in [3.63, 3.8) is 0 Å². The number of nitrogens with zero attached hydrogens (tertiary/aromatic N) is 2. The lowest BCUT2D eigenvalue weighted by Gasteiger charge is -2.10. The Bertz CT molecular complexity index is 539. The van der Waals surface area contributed by atoms with E-state index in [1.807, 2.05) is 12.1 Å². The Morgan fingerprint density at radius 2 is 1.94 bits per heavy atom. The van der Waals surface area contributed by atoms with Gasteiger partial charge in [0.05, 0.1) is 8.95 Å². The van der Waals surface area contributed by atoms with Gasteiger partial charge in [-0.1, -0.05) is 20.4 Å². The first kappa shape index (κ1) is 14.2. The van der Waals surface area contributed by atoms with Crippen LogP contribution < -0.4 is 16.0 Å². The van der Waals surface area contributed by atoms with Gasteiger partial charge < -0.3 is 10.2 Å². The molecule has 3 N–H and O–H groups in total. The third-order valence-corrected chi connectivity index (χ3v) is 4.34. The van der Waals surface area contributed by atoms with Crippen molar-refractivity contribution in [2.45, 2.75) is 6.61 Å². The monoisotopic (exact) mass is 456 g/mol. The van der Waals surface area contributed by atoms with Crippen LogP contribution in [0.3, 0.4) is 0 Å². The molecule has 0 atom stereocenters. The van der Waals surface area contributed by atoms with Gasteiger partial charge in [0.15, 0.2) is 5.00 Å². The van der Waals surface area contributed by atoms with E-state index in [-0.39, 0.29) is 6.61 Å². The minimum Gasteiger partial charge on any atom is -0.485 e. The highest BCUT2D eigenvalue weighted by Gasteiger charge is 2.12. The molecule has 0 aliphatic rings. The number of halogens is 3. The summed E-state index contributed by atoms with van der Waals surface area (Å²) < 4.78 is 12.1. The van der Waals surface area contributed by atoms with E-state index in [4.69, 9.17) is 10.6 Å². The Balaban J connectivity index is 2.16. The van der Waals surface area contributed by atoms with Crippen LogP contribution in [0.1, 0.15) is 5.69 Å². The fourth-order valence-corrected chi connectivity index (χ4v) is 4.19. The quantitative estimate of drug-likeness (QED) is 0.540. The molecule has 0 spiro atoms. The molecule has 1 aromatic heterocycles. The predicted octanol–water partition coefficient (Wildman–Crippen LogP) is 3.69. The number of rotatable bonds is 4. The number of nitrogens with one attached hydrogen (secondary N) is 1. The Morgan fingerprint density at radius 1 is 1.28 bits per heavy atom. The number of hydrogen-bond donors (Lipinski definition) is 2. The van der Waals surface area contributed by atoms with Gasteiger partial charge in [-0.25, -0.2) is 5.84 Å². The van der Waals surface area contributed by atoms with E-state index in [0.29, 0.717) is 16.4 Å². The molecule has 18 heavy (non-hydrogen) atoms. The summed E-state index contributed by atoms with van der Waals surface area (Å²) in [5, 5.41) is 4.63. The summed E-state index contributed by atoms with van der Waals surface area (Å²) in [5.41, 5.74) is 3.20. The number of hydrazine groups is 1. The van der Waals surface area contributed by atoms with Crippen molar-refractivity contribution in [1.82, 2.24) is 9.59 Å². The van der Waals surface area contributed by atoms with Crippen LogP contribution in [0.15, 0.2) is 25.6 Å². The summed E-state index contributed by atoms with van der Waals surface area (Å²) in [5.74, 6) is 6.05. The lowest BCUT2D eigenvalue weighted by atomic mass is 10.3. The molecule has 0 fully saturated rings. The molecular weight excluding hydrogens is 452 g/mol. The second-order valence-corrected chi connectivity index (χ2v) is 6.56. The summed E-state index contributed by atoms with van der Waals surface area (Å²) in [6.45, 7) is 0.287. The van der Waals surface area contributed by atoms with Gasteiger partial charge in [-0.3, -0.25) is 0 Å². The number of anilines is 1. The molecule has 96 valence electrons. The zero-order valence-corrected chi connectivity index (χ0v) is 14.4. The van der Waals surface area contributed by atoms with Gasteiger partial charge in [0.25, 0.3) is 0 Å². The Morgan fingerprint density at radius 3 is 2.56 bits per heavy atom. The molecule has 1 aromatic carbocycles. The normalized spacial score (nSPS) is 10.4. The Kier molecular flexibility index (Phi) is 4.96. The molecule has 0 amide bonds. The molecule has 0 radical (unpaired) electrons. The maximum Gasteiger partial charge on any atom is 0.150 e. The van der Waals surface area contributed by atoms with Gasteiger partial charge in [0.1, 0.15) is 18.1 Å². The first-order valence-electron chi connectivity index (χ1n) is 4.67. The Labute approximate surface area is 133 Å². The minimum atomic E-state index is 0.287. The van der Waals surface area contributed by atoms with Gasteiger partial charge >= 0.3 is 0 Å². The van der Waals surface area contributed by atoms with Crippen molar-refractivity contribution in [2.75, 3.05) is 5.43 Å². The first-order chi connectivity index (χ1) is 8.61. The van der Waals surface area contributed by atoms with Crippen molar-refractivity contribution in [3.05, 3.63) is 31.2 Å². The zero-order chi connectivity index (χ0) is 13.1. The lowest BCUT2D eigenvalue weighted by Crippen LogP contribution is -2.08. The van der Waals surface area contributed by atoms with Crippen LogP contribution in [0, 0.1) is 0 Å². The summed E-state index contributed by atoms with van der Waals surface area (Å²) in [6.07, 6.45) is 0. The highest BCUT2D eigenvalue weighted by Crippen LogP contribution is 2.37. The number of ether oxygens (including phenoxy) is 1. The Hall–Kier alpha value is -0.220. The maximum absolute atomic E-state index is 5.70. The SMILES string of the molecule is NNc1snnc1COc1c(Br)cc(Br)cc1Br. The highest BCUT2D eigenvalue weighted by atomic mass is 79.9. The van der Waals surface area contributed by atoms with Crippen molar-refractivity contribution in [3.8, 4) is 5.75 Å². The first-order valence-corrected chi connectivity index (χ1v) is 7.82. The van der Waals surface area contributed by atoms with Gasteiger partial charge in [-0.05, 0) is 44.0 Å². The third-order valence-electron chi connectivity index (χ3n) is 2.00. The van der Waals surface area contributed by atoms with Crippen molar-refractivity contribution >= 4 is 64.3 Å². The van der Waals surface area contributed by atoms with Crippen molar-refractivity contribution in [1.29, 1.82) is 0 Å². The lowest BCUT2D eigenvalue weighted by molar-refractivity contribution is 0.298. The van der Waals surface area contributed by atoms with E-state index in [0.717, 1.165) is 13.4 Å².